The minimum absolute atomic E-state index is 0.153. The molecule has 3 nitrogen and oxygen atoms in total. The number of nitrogens with one attached hydrogen (secondary N) is 1. The highest BCUT2D eigenvalue weighted by atomic mass is 32.1. The Morgan fingerprint density at radius 2 is 1.54 bits per heavy atom. The van der Waals surface area contributed by atoms with Crippen LogP contribution in [-0.4, -0.2) is 21.9 Å². The topological polar surface area (TPSA) is 27.6 Å². The van der Waals surface area contributed by atoms with Crippen LogP contribution in [0.2, 0.25) is 0 Å². The van der Waals surface area contributed by atoms with Crippen LogP contribution in [0.1, 0.15) is 66.8 Å². The van der Waals surface area contributed by atoms with Gasteiger partial charge in [0.15, 0.2) is 5.11 Å². The quantitative estimate of drug-likeness (QED) is 0.684. The number of hydrazone groups is 1. The molecular formula is C24H29N3S. The number of aryl methyl sites for hydroxylation is 2. The van der Waals surface area contributed by atoms with Crippen LogP contribution in [0.25, 0.3) is 0 Å². The molecule has 28 heavy (non-hydrogen) atoms. The zero-order valence-electron chi connectivity index (χ0n) is 16.8. The largest absolute Gasteiger partial charge is 0.358 e. The molecule has 0 radical (unpaired) electrons. The predicted molar refractivity (Wildman–Crippen MR) is 121 cm³/mol. The summed E-state index contributed by atoms with van der Waals surface area (Å²) < 4.78 is 0. The Morgan fingerprint density at radius 1 is 0.929 bits per heavy atom. The molecule has 4 rings (SSSR count). The Morgan fingerprint density at radius 3 is 2.18 bits per heavy atom. The van der Waals surface area contributed by atoms with Crippen molar-refractivity contribution in [1.82, 2.24) is 10.3 Å². The van der Waals surface area contributed by atoms with Gasteiger partial charge in [0, 0.05) is 12.5 Å². The maximum Gasteiger partial charge on any atom is 0.190 e. The molecule has 4 heteroatoms. The van der Waals surface area contributed by atoms with Gasteiger partial charge in [-0.25, -0.2) is 5.01 Å². The molecule has 1 aliphatic heterocycles. The van der Waals surface area contributed by atoms with E-state index in [9.17, 15) is 0 Å². The average Bonchev–Trinajstić information content (AvgIpc) is 3.15. The van der Waals surface area contributed by atoms with Gasteiger partial charge < -0.3 is 5.32 Å². The van der Waals surface area contributed by atoms with Gasteiger partial charge in [-0.3, -0.25) is 0 Å². The fourth-order valence-electron chi connectivity index (χ4n) is 4.15. The summed E-state index contributed by atoms with van der Waals surface area (Å²) in [6.07, 6.45) is 7.21. The molecule has 0 aromatic heterocycles. The molecule has 1 aliphatic carbocycles. The summed E-state index contributed by atoms with van der Waals surface area (Å²) in [6, 6.07) is 18.1. The molecule has 2 aliphatic rings. The highest BCUT2D eigenvalue weighted by Crippen LogP contribution is 2.33. The lowest BCUT2D eigenvalue weighted by atomic mass is 9.95. The van der Waals surface area contributed by atoms with Crippen molar-refractivity contribution >= 4 is 23.0 Å². The molecule has 2 aromatic rings. The van der Waals surface area contributed by atoms with Crippen LogP contribution in [0.15, 0.2) is 53.6 Å². The highest BCUT2D eigenvalue weighted by molar-refractivity contribution is 7.80. The van der Waals surface area contributed by atoms with E-state index < -0.39 is 0 Å². The maximum absolute atomic E-state index is 5.83. The SMILES string of the molecule is Cc1ccc(C2=NN(C(=S)NC3CCCCC3)C(c3ccc(C)cc3)C2)cc1. The average molecular weight is 392 g/mol. The van der Waals surface area contributed by atoms with Crippen LogP contribution in [-0.2, 0) is 0 Å². The summed E-state index contributed by atoms with van der Waals surface area (Å²) >= 11 is 5.83. The zero-order chi connectivity index (χ0) is 19.5. The number of hydrogen-bond donors (Lipinski definition) is 1. The molecule has 2 aromatic carbocycles. The molecule has 0 amide bonds. The first-order valence-electron chi connectivity index (χ1n) is 10.4. The van der Waals surface area contributed by atoms with Crippen LogP contribution < -0.4 is 5.32 Å². The van der Waals surface area contributed by atoms with Gasteiger partial charge in [-0.1, -0.05) is 78.9 Å². The van der Waals surface area contributed by atoms with Crippen LogP contribution >= 0.6 is 12.2 Å². The molecule has 0 saturated heterocycles. The fraction of sp³-hybridized carbons (Fsp3) is 0.417. The molecule has 0 spiro atoms. The van der Waals surface area contributed by atoms with E-state index in [0.717, 1.165) is 17.2 Å². The van der Waals surface area contributed by atoms with E-state index in [1.165, 1.54) is 54.4 Å². The minimum Gasteiger partial charge on any atom is -0.358 e. The Hall–Kier alpha value is -2.20. The second-order valence-electron chi connectivity index (χ2n) is 8.17. The van der Waals surface area contributed by atoms with Crippen molar-refractivity contribution in [3.05, 3.63) is 70.8 Å². The molecule has 0 bridgehead atoms. The lowest BCUT2D eigenvalue weighted by Crippen LogP contribution is -2.43. The van der Waals surface area contributed by atoms with E-state index in [1.807, 2.05) is 5.01 Å². The van der Waals surface area contributed by atoms with Crippen LogP contribution in [0.4, 0.5) is 0 Å². The van der Waals surface area contributed by atoms with E-state index in [4.69, 9.17) is 17.3 Å². The molecule has 1 saturated carbocycles. The first-order chi connectivity index (χ1) is 13.6. The first-order valence-corrected chi connectivity index (χ1v) is 10.8. The zero-order valence-corrected chi connectivity index (χ0v) is 17.6. The lowest BCUT2D eigenvalue weighted by molar-refractivity contribution is 0.342. The summed E-state index contributed by atoms with van der Waals surface area (Å²) in [5.74, 6) is 0. The maximum atomic E-state index is 5.83. The summed E-state index contributed by atoms with van der Waals surface area (Å²) in [5, 5.41) is 11.4. The number of thiocarbonyl (C=S) groups is 1. The molecule has 1 heterocycles. The van der Waals surface area contributed by atoms with E-state index >= 15 is 0 Å². The predicted octanol–water partition coefficient (Wildman–Crippen LogP) is 5.66. The van der Waals surface area contributed by atoms with Crippen molar-refractivity contribution in [3.8, 4) is 0 Å². The van der Waals surface area contributed by atoms with E-state index in [0.29, 0.717) is 6.04 Å². The van der Waals surface area contributed by atoms with E-state index in [1.54, 1.807) is 0 Å². The first kappa shape index (κ1) is 19.1. The Kier molecular flexibility index (Phi) is 5.77. The third-order valence-corrected chi connectivity index (χ3v) is 6.20. The standard InChI is InChI=1S/C24H29N3S/c1-17-8-12-19(13-9-17)22-16-23(20-14-10-18(2)11-15-20)27(26-22)24(28)25-21-6-4-3-5-7-21/h8-15,21,23H,3-7,16H2,1-2H3,(H,25,28). The summed E-state index contributed by atoms with van der Waals surface area (Å²) in [5.41, 5.74) is 6.10. The van der Waals surface area contributed by atoms with Gasteiger partial charge in [0.1, 0.15) is 0 Å². The van der Waals surface area contributed by atoms with Gasteiger partial charge in [-0.15, -0.1) is 0 Å². The number of nitrogens with zero attached hydrogens (tertiary/aromatic N) is 2. The van der Waals surface area contributed by atoms with Crippen molar-refractivity contribution in [2.24, 2.45) is 5.10 Å². The normalized spacial score (nSPS) is 20.1. The van der Waals surface area contributed by atoms with E-state index in [2.05, 4.69) is 67.7 Å². The molecule has 1 N–H and O–H groups in total. The van der Waals surface area contributed by atoms with Gasteiger partial charge in [0.25, 0.3) is 0 Å². The number of hydrogen-bond acceptors (Lipinski definition) is 2. The van der Waals surface area contributed by atoms with Gasteiger partial charge in [-0.2, -0.15) is 5.10 Å². The summed E-state index contributed by atoms with van der Waals surface area (Å²) in [7, 11) is 0. The monoisotopic (exact) mass is 391 g/mol. The second kappa shape index (κ2) is 8.44. The van der Waals surface area contributed by atoms with Crippen LogP contribution in [0.5, 0.6) is 0 Å². The van der Waals surface area contributed by atoms with Gasteiger partial charge >= 0.3 is 0 Å². The molecule has 146 valence electrons. The summed E-state index contributed by atoms with van der Waals surface area (Å²) in [4.78, 5) is 0. The number of rotatable bonds is 3. The van der Waals surface area contributed by atoms with Crippen molar-refractivity contribution in [1.29, 1.82) is 0 Å². The lowest BCUT2D eigenvalue weighted by Gasteiger charge is -2.30. The Balaban J connectivity index is 1.59. The minimum atomic E-state index is 0.153. The van der Waals surface area contributed by atoms with Gasteiger partial charge in [0.2, 0.25) is 0 Å². The smallest absolute Gasteiger partial charge is 0.190 e. The third-order valence-electron chi connectivity index (χ3n) is 5.90. The molecule has 1 fully saturated rings. The van der Waals surface area contributed by atoms with Crippen LogP contribution in [0.3, 0.4) is 0 Å². The van der Waals surface area contributed by atoms with E-state index in [-0.39, 0.29) is 6.04 Å². The van der Waals surface area contributed by atoms with Crippen molar-refractivity contribution in [3.63, 3.8) is 0 Å². The van der Waals surface area contributed by atoms with Gasteiger partial charge in [-0.05, 0) is 50.0 Å². The van der Waals surface area contributed by atoms with Gasteiger partial charge in [0.05, 0.1) is 11.8 Å². The summed E-state index contributed by atoms with van der Waals surface area (Å²) in [6.45, 7) is 4.24. The second-order valence-corrected chi connectivity index (χ2v) is 8.56. The Labute approximate surface area is 173 Å². The molecule has 1 unspecified atom stereocenters. The van der Waals surface area contributed by atoms with Crippen molar-refractivity contribution in [2.45, 2.75) is 64.5 Å². The molecule has 1 atom stereocenters. The van der Waals surface area contributed by atoms with Crippen molar-refractivity contribution in [2.75, 3.05) is 0 Å². The van der Waals surface area contributed by atoms with Crippen molar-refractivity contribution < 1.29 is 0 Å². The Bertz CT molecular complexity index is 848. The third kappa shape index (κ3) is 4.27. The highest BCUT2D eigenvalue weighted by Gasteiger charge is 2.32. The van der Waals surface area contributed by atoms with Crippen LogP contribution in [0, 0.1) is 13.8 Å². The molecular weight excluding hydrogens is 362 g/mol. The number of benzene rings is 2. The fourth-order valence-corrected chi connectivity index (χ4v) is 4.49.